The molecule has 0 aromatic heterocycles. The molecule has 4 N–H and O–H groups in total. The monoisotopic (exact) mass is 275 g/mol. The summed E-state index contributed by atoms with van der Waals surface area (Å²) >= 11 is 0. The lowest BCUT2D eigenvalue weighted by atomic mass is 9.77. The molecule has 0 radical (unpaired) electrons. The number of carboxylic acid groups (broad SMARTS) is 1. The Labute approximate surface area is 110 Å². The molecule has 0 heterocycles. The number of halogens is 2. The Morgan fingerprint density at radius 1 is 1.44 bits per heavy atom. The zero-order chi connectivity index (χ0) is 12.6. The fourth-order valence-electron chi connectivity index (χ4n) is 2.05. The number of aromatic carboxylic acids is 1. The predicted molar refractivity (Wildman–Crippen MR) is 66.5 cm³/mol. The van der Waals surface area contributed by atoms with Gasteiger partial charge in [-0.05, 0) is 30.9 Å². The number of carboxylic acids is 1. The van der Waals surface area contributed by atoms with Crippen LogP contribution in [0.5, 0.6) is 5.75 Å². The van der Waals surface area contributed by atoms with Gasteiger partial charge in [0.2, 0.25) is 0 Å². The topological polar surface area (TPSA) is 83.6 Å². The van der Waals surface area contributed by atoms with E-state index in [1.54, 1.807) is 0 Å². The number of hydrogen-bond donors (Lipinski definition) is 3. The summed E-state index contributed by atoms with van der Waals surface area (Å²) in [6.45, 7) is 0. The van der Waals surface area contributed by atoms with Gasteiger partial charge in [0.1, 0.15) is 0 Å². The number of carbonyl (C=O) groups is 1. The van der Waals surface area contributed by atoms with Crippen LogP contribution in [0.25, 0.3) is 0 Å². The second-order valence-electron chi connectivity index (χ2n) is 4.42. The minimum atomic E-state index is -1.23. The third-order valence-corrected chi connectivity index (χ3v) is 3.36. The Morgan fingerprint density at radius 3 is 2.50 bits per heavy atom. The summed E-state index contributed by atoms with van der Waals surface area (Å²) in [7, 11) is 0. The van der Waals surface area contributed by atoms with Gasteiger partial charge < -0.3 is 15.9 Å². The summed E-state index contributed by atoms with van der Waals surface area (Å²) in [5.74, 6) is -2.50. The van der Waals surface area contributed by atoms with Crippen LogP contribution in [-0.2, 0) is 0 Å². The predicted octanol–water partition coefficient (Wildman–Crippen LogP) is 2.45. The van der Waals surface area contributed by atoms with Crippen molar-refractivity contribution in [2.45, 2.75) is 25.3 Å². The highest BCUT2D eigenvalue weighted by Gasteiger charge is 2.29. The molecule has 4 nitrogen and oxygen atoms in total. The molecule has 1 saturated carbocycles. The second-order valence-corrected chi connectivity index (χ2v) is 4.42. The van der Waals surface area contributed by atoms with Gasteiger partial charge in [-0.15, -0.1) is 12.4 Å². The smallest absolute Gasteiger partial charge is 0.335 e. The van der Waals surface area contributed by atoms with Crippen LogP contribution >= 0.6 is 12.4 Å². The van der Waals surface area contributed by atoms with Crippen LogP contribution in [0.2, 0.25) is 0 Å². The van der Waals surface area contributed by atoms with E-state index < -0.39 is 23.6 Å². The summed E-state index contributed by atoms with van der Waals surface area (Å²) < 4.78 is 13.4. The summed E-state index contributed by atoms with van der Waals surface area (Å²) in [5, 5.41) is 18.4. The Morgan fingerprint density at radius 2 is 2.06 bits per heavy atom. The molecule has 0 amide bonds. The van der Waals surface area contributed by atoms with Crippen LogP contribution in [0.3, 0.4) is 0 Å². The maximum Gasteiger partial charge on any atom is 0.335 e. The number of aromatic hydroxyl groups is 1. The van der Waals surface area contributed by atoms with Crippen LogP contribution in [0.15, 0.2) is 12.1 Å². The number of phenolic OH excluding ortho intramolecular Hbond substituents is 1. The number of benzene rings is 1. The first-order valence-electron chi connectivity index (χ1n) is 5.52. The van der Waals surface area contributed by atoms with Crippen molar-refractivity contribution in [2.75, 3.05) is 0 Å². The average Bonchev–Trinajstić information content (AvgIpc) is 2.18. The minimum Gasteiger partial charge on any atom is -0.505 e. The first kappa shape index (κ1) is 14.7. The molecule has 6 heteroatoms. The third kappa shape index (κ3) is 2.57. The highest BCUT2D eigenvalue weighted by molar-refractivity contribution is 5.88. The molecule has 100 valence electrons. The highest BCUT2D eigenvalue weighted by atomic mass is 35.5. The van der Waals surface area contributed by atoms with Crippen molar-refractivity contribution >= 4 is 18.4 Å². The standard InChI is InChI=1S/C12H14FNO3.ClH/c13-9-5-7(12(16)17)4-8(11(9)15)10(14)6-2-1-3-6;/h4-6,10,15H,1-3,14H2,(H,16,17);1H/t10-;/m0./s1. The van der Waals surface area contributed by atoms with Gasteiger partial charge in [-0.25, -0.2) is 9.18 Å². The van der Waals surface area contributed by atoms with E-state index in [-0.39, 0.29) is 29.5 Å². The molecule has 0 saturated heterocycles. The van der Waals surface area contributed by atoms with Gasteiger partial charge in [-0.1, -0.05) is 6.42 Å². The van der Waals surface area contributed by atoms with E-state index in [4.69, 9.17) is 10.8 Å². The maximum atomic E-state index is 13.4. The van der Waals surface area contributed by atoms with Crippen molar-refractivity contribution in [1.82, 2.24) is 0 Å². The second kappa shape index (κ2) is 5.54. The van der Waals surface area contributed by atoms with E-state index in [0.717, 1.165) is 25.3 Å². The van der Waals surface area contributed by atoms with Crippen molar-refractivity contribution < 1.29 is 19.4 Å². The van der Waals surface area contributed by atoms with E-state index in [1.807, 2.05) is 0 Å². The first-order chi connectivity index (χ1) is 8.00. The number of hydrogen-bond acceptors (Lipinski definition) is 3. The highest BCUT2D eigenvalue weighted by Crippen LogP contribution is 2.39. The molecule has 0 aliphatic heterocycles. The number of nitrogens with two attached hydrogens (primary N) is 1. The molecule has 1 atom stereocenters. The lowest BCUT2D eigenvalue weighted by molar-refractivity contribution is 0.0696. The van der Waals surface area contributed by atoms with E-state index in [1.165, 1.54) is 6.07 Å². The zero-order valence-electron chi connectivity index (χ0n) is 9.60. The summed E-state index contributed by atoms with van der Waals surface area (Å²) in [6, 6.07) is 1.55. The Kier molecular flexibility index (Phi) is 4.53. The Hall–Kier alpha value is -1.33. The van der Waals surface area contributed by atoms with Gasteiger partial charge in [0.25, 0.3) is 0 Å². The molecular formula is C12H15ClFNO3. The number of rotatable bonds is 3. The fourth-order valence-corrected chi connectivity index (χ4v) is 2.05. The van der Waals surface area contributed by atoms with Crippen molar-refractivity contribution in [1.29, 1.82) is 0 Å². The largest absolute Gasteiger partial charge is 0.505 e. The minimum absolute atomic E-state index is 0. The molecule has 2 rings (SSSR count). The molecule has 1 aromatic carbocycles. The van der Waals surface area contributed by atoms with Crippen LogP contribution in [0, 0.1) is 11.7 Å². The molecule has 0 bridgehead atoms. The van der Waals surface area contributed by atoms with Crippen molar-refractivity contribution in [3.8, 4) is 5.75 Å². The molecule has 1 fully saturated rings. The van der Waals surface area contributed by atoms with Crippen LogP contribution < -0.4 is 5.73 Å². The van der Waals surface area contributed by atoms with Crippen molar-refractivity contribution in [3.63, 3.8) is 0 Å². The van der Waals surface area contributed by atoms with E-state index in [0.29, 0.717) is 0 Å². The van der Waals surface area contributed by atoms with Crippen LogP contribution in [0.4, 0.5) is 4.39 Å². The summed E-state index contributed by atoms with van der Waals surface area (Å²) in [5.41, 5.74) is 5.92. The first-order valence-corrected chi connectivity index (χ1v) is 5.52. The average molecular weight is 276 g/mol. The summed E-state index contributed by atoms with van der Waals surface area (Å²) in [4.78, 5) is 10.8. The van der Waals surface area contributed by atoms with Crippen LogP contribution in [0.1, 0.15) is 41.2 Å². The Balaban J connectivity index is 0.00000162. The SMILES string of the molecule is Cl.N[C@H](c1cc(C(=O)O)cc(F)c1O)C1CCC1. The fraction of sp³-hybridized carbons (Fsp3) is 0.417. The maximum absolute atomic E-state index is 13.4. The molecular weight excluding hydrogens is 261 g/mol. The normalized spacial score (nSPS) is 16.6. The zero-order valence-corrected chi connectivity index (χ0v) is 10.4. The van der Waals surface area contributed by atoms with Gasteiger partial charge >= 0.3 is 5.97 Å². The van der Waals surface area contributed by atoms with E-state index in [2.05, 4.69) is 0 Å². The van der Waals surface area contributed by atoms with Crippen molar-refractivity contribution in [2.24, 2.45) is 11.7 Å². The van der Waals surface area contributed by atoms with E-state index >= 15 is 0 Å². The van der Waals surface area contributed by atoms with E-state index in [9.17, 15) is 14.3 Å². The van der Waals surface area contributed by atoms with Gasteiger partial charge in [-0.2, -0.15) is 0 Å². The van der Waals surface area contributed by atoms with Crippen LogP contribution in [-0.4, -0.2) is 16.2 Å². The van der Waals surface area contributed by atoms with Crippen molar-refractivity contribution in [3.05, 3.63) is 29.1 Å². The Bertz CT molecular complexity index is 463. The van der Waals surface area contributed by atoms with Gasteiger partial charge in [0.05, 0.1) is 5.56 Å². The van der Waals surface area contributed by atoms with Gasteiger partial charge in [0.15, 0.2) is 11.6 Å². The third-order valence-electron chi connectivity index (χ3n) is 3.36. The number of phenols is 1. The lowest BCUT2D eigenvalue weighted by Gasteiger charge is -2.31. The van der Waals surface area contributed by atoms with Gasteiger partial charge in [0, 0.05) is 11.6 Å². The molecule has 18 heavy (non-hydrogen) atoms. The van der Waals surface area contributed by atoms with Gasteiger partial charge in [-0.3, -0.25) is 0 Å². The molecule has 1 aliphatic carbocycles. The molecule has 0 unspecified atom stereocenters. The lowest BCUT2D eigenvalue weighted by Crippen LogP contribution is -2.27. The quantitative estimate of drug-likeness (QED) is 0.791. The molecule has 1 aliphatic rings. The summed E-state index contributed by atoms with van der Waals surface area (Å²) in [6.07, 6.45) is 2.93. The molecule has 1 aromatic rings. The molecule has 0 spiro atoms.